The van der Waals surface area contributed by atoms with E-state index in [9.17, 15) is 9.90 Å². The number of nitrogens with one attached hydrogen (secondary N) is 1. The molecule has 2 rings (SSSR count). The molecule has 0 fully saturated rings. The van der Waals surface area contributed by atoms with Crippen LogP contribution < -0.4 is 10.1 Å². The summed E-state index contributed by atoms with van der Waals surface area (Å²) in [4.78, 5) is 16.5. The second-order valence-corrected chi connectivity index (χ2v) is 6.51. The average molecular weight is 334 g/mol. The molecule has 0 aliphatic rings. The lowest BCUT2D eigenvalue weighted by Gasteiger charge is -2.19. The maximum absolute atomic E-state index is 12.0. The molecule has 0 spiro atoms. The molecule has 1 aromatic carbocycles. The highest BCUT2D eigenvalue weighted by atomic mass is 32.1. The molecule has 0 bridgehead atoms. The molecule has 2 N–H and O–H groups in total. The molecule has 0 aliphatic carbocycles. The number of hydrogen-bond acceptors (Lipinski definition) is 5. The summed E-state index contributed by atoms with van der Waals surface area (Å²) in [5.41, 5.74) is 1.73. The Bertz CT molecular complexity index is 638. The van der Waals surface area contributed by atoms with Crippen LogP contribution in [0.3, 0.4) is 0 Å². The van der Waals surface area contributed by atoms with Gasteiger partial charge in [-0.1, -0.05) is 13.8 Å². The number of methoxy groups -OCH3 is 1. The minimum Gasteiger partial charge on any atom is -0.497 e. The molecule has 5 nitrogen and oxygen atoms in total. The first kappa shape index (κ1) is 17.4. The Hall–Kier alpha value is -1.92. The molecule has 2 aromatic rings. The Morgan fingerprint density at radius 3 is 2.61 bits per heavy atom. The topological polar surface area (TPSA) is 71.5 Å². The molecule has 23 heavy (non-hydrogen) atoms. The van der Waals surface area contributed by atoms with Gasteiger partial charge in [0.2, 0.25) is 5.91 Å². The average Bonchev–Trinajstić information content (AvgIpc) is 3.00. The fourth-order valence-corrected chi connectivity index (χ4v) is 2.93. The summed E-state index contributed by atoms with van der Waals surface area (Å²) >= 11 is 1.51. The van der Waals surface area contributed by atoms with Crippen LogP contribution in [-0.2, 0) is 11.2 Å². The lowest BCUT2D eigenvalue weighted by molar-refractivity contribution is -0.121. The quantitative estimate of drug-likeness (QED) is 0.816. The maximum atomic E-state index is 12.0. The number of carbonyl (C=O) groups is 1. The fourth-order valence-electron chi connectivity index (χ4n) is 2.10. The van der Waals surface area contributed by atoms with E-state index in [4.69, 9.17) is 4.74 Å². The molecule has 124 valence electrons. The van der Waals surface area contributed by atoms with Crippen molar-refractivity contribution in [2.45, 2.75) is 26.3 Å². The molecule has 0 saturated heterocycles. The molecular formula is C17H22N2O3S. The number of nitrogens with zero attached hydrogens (tertiary/aromatic N) is 1. The van der Waals surface area contributed by atoms with Crippen molar-refractivity contribution in [3.05, 3.63) is 35.3 Å². The first-order valence-corrected chi connectivity index (χ1v) is 8.40. The van der Waals surface area contributed by atoms with E-state index in [0.717, 1.165) is 22.0 Å². The van der Waals surface area contributed by atoms with E-state index in [1.54, 1.807) is 7.11 Å². The zero-order valence-corrected chi connectivity index (χ0v) is 14.4. The zero-order valence-electron chi connectivity index (χ0n) is 13.6. The van der Waals surface area contributed by atoms with Crippen LogP contribution in [0.5, 0.6) is 5.75 Å². The number of aromatic nitrogens is 1. The first-order valence-electron chi connectivity index (χ1n) is 7.52. The predicted octanol–water partition coefficient (Wildman–Crippen LogP) is 2.49. The van der Waals surface area contributed by atoms with Crippen LogP contribution in [0.25, 0.3) is 10.6 Å². The Balaban J connectivity index is 2.00. The number of aliphatic hydroxyl groups excluding tert-OH is 1. The van der Waals surface area contributed by atoms with Crippen LogP contribution in [0.15, 0.2) is 29.6 Å². The minimum absolute atomic E-state index is 0.0580. The third kappa shape index (κ3) is 4.77. The van der Waals surface area contributed by atoms with E-state index in [2.05, 4.69) is 10.3 Å². The number of aliphatic hydroxyl groups is 1. The summed E-state index contributed by atoms with van der Waals surface area (Å²) in [6.45, 7) is 3.87. The summed E-state index contributed by atoms with van der Waals surface area (Å²) in [7, 11) is 1.63. The molecule has 1 aromatic heterocycles. The van der Waals surface area contributed by atoms with Gasteiger partial charge < -0.3 is 15.2 Å². The fraction of sp³-hybridized carbons (Fsp3) is 0.412. The Morgan fingerprint density at radius 2 is 2.04 bits per heavy atom. The molecule has 0 saturated carbocycles. The largest absolute Gasteiger partial charge is 0.497 e. The summed E-state index contributed by atoms with van der Waals surface area (Å²) in [6, 6.07) is 7.45. The normalized spacial score (nSPS) is 12.2. The molecule has 1 heterocycles. The van der Waals surface area contributed by atoms with E-state index in [1.165, 1.54) is 11.3 Å². The molecule has 0 unspecified atom stereocenters. The lowest BCUT2D eigenvalue weighted by Crippen LogP contribution is -2.41. The Labute approximate surface area is 140 Å². The van der Waals surface area contributed by atoms with Gasteiger partial charge >= 0.3 is 0 Å². The highest BCUT2D eigenvalue weighted by molar-refractivity contribution is 7.13. The van der Waals surface area contributed by atoms with Gasteiger partial charge in [-0.3, -0.25) is 4.79 Å². The van der Waals surface area contributed by atoms with Crippen LogP contribution in [0.4, 0.5) is 0 Å². The third-order valence-electron chi connectivity index (χ3n) is 3.58. The molecule has 1 amide bonds. The van der Waals surface area contributed by atoms with Crippen molar-refractivity contribution in [2.24, 2.45) is 5.92 Å². The van der Waals surface area contributed by atoms with Gasteiger partial charge in [0.15, 0.2) is 0 Å². The van der Waals surface area contributed by atoms with Gasteiger partial charge in [-0.2, -0.15) is 0 Å². The van der Waals surface area contributed by atoms with Crippen LogP contribution in [0, 0.1) is 5.92 Å². The molecule has 0 radical (unpaired) electrons. The second-order valence-electron chi connectivity index (χ2n) is 5.65. The molecule has 0 aliphatic heterocycles. The number of benzene rings is 1. The van der Waals surface area contributed by atoms with Crippen LogP contribution in [-0.4, -0.2) is 35.8 Å². The highest BCUT2D eigenvalue weighted by Gasteiger charge is 2.16. The summed E-state index contributed by atoms with van der Waals surface area (Å²) in [5, 5.41) is 14.9. The van der Waals surface area contributed by atoms with Gasteiger partial charge in [0.1, 0.15) is 10.8 Å². The Morgan fingerprint density at radius 1 is 1.35 bits per heavy atom. The summed E-state index contributed by atoms with van der Waals surface area (Å²) < 4.78 is 5.14. The van der Waals surface area contributed by atoms with Gasteiger partial charge in [0, 0.05) is 10.9 Å². The van der Waals surface area contributed by atoms with E-state index in [-0.39, 0.29) is 30.9 Å². The number of carbonyl (C=O) groups excluding carboxylic acids is 1. The van der Waals surface area contributed by atoms with Crippen LogP contribution >= 0.6 is 11.3 Å². The Kier molecular flexibility index (Phi) is 6.12. The molecular weight excluding hydrogens is 312 g/mol. The van der Waals surface area contributed by atoms with Crippen LogP contribution in [0.1, 0.15) is 19.5 Å². The summed E-state index contributed by atoms with van der Waals surface area (Å²) in [6.07, 6.45) is 0.218. The zero-order chi connectivity index (χ0) is 16.8. The SMILES string of the molecule is COc1ccc(-c2nc(CC(=O)N[C@@H](CO)C(C)C)cs2)cc1. The predicted molar refractivity (Wildman–Crippen MR) is 91.7 cm³/mol. The number of hydrogen-bond donors (Lipinski definition) is 2. The molecule has 6 heteroatoms. The van der Waals surface area contributed by atoms with Gasteiger partial charge in [-0.15, -0.1) is 11.3 Å². The van der Waals surface area contributed by atoms with Crippen molar-refractivity contribution < 1.29 is 14.6 Å². The number of thiazole rings is 1. The van der Waals surface area contributed by atoms with Gasteiger partial charge in [-0.05, 0) is 30.2 Å². The summed E-state index contributed by atoms with van der Waals surface area (Å²) in [5.74, 6) is 0.868. The van der Waals surface area contributed by atoms with Crippen molar-refractivity contribution in [3.8, 4) is 16.3 Å². The van der Waals surface area contributed by atoms with E-state index >= 15 is 0 Å². The van der Waals surface area contributed by atoms with E-state index < -0.39 is 0 Å². The van der Waals surface area contributed by atoms with Gasteiger partial charge in [0.05, 0.1) is 31.9 Å². The third-order valence-corrected chi connectivity index (χ3v) is 4.52. The maximum Gasteiger partial charge on any atom is 0.226 e. The number of ether oxygens (including phenoxy) is 1. The van der Waals surface area contributed by atoms with Crippen molar-refractivity contribution in [2.75, 3.05) is 13.7 Å². The second kappa shape index (κ2) is 8.08. The van der Waals surface area contributed by atoms with Crippen molar-refractivity contribution in [1.29, 1.82) is 0 Å². The van der Waals surface area contributed by atoms with E-state index in [0.29, 0.717) is 0 Å². The lowest BCUT2D eigenvalue weighted by atomic mass is 10.1. The minimum atomic E-state index is -0.220. The standard InChI is InChI=1S/C17H22N2O3S/c1-11(2)15(9-20)19-16(21)8-13-10-23-17(18-13)12-4-6-14(22-3)7-5-12/h4-7,10-11,15,20H,8-9H2,1-3H3,(H,19,21)/t15-/m0/s1. The highest BCUT2D eigenvalue weighted by Crippen LogP contribution is 2.25. The van der Waals surface area contributed by atoms with Gasteiger partial charge in [-0.25, -0.2) is 4.98 Å². The van der Waals surface area contributed by atoms with Crippen molar-refractivity contribution in [3.63, 3.8) is 0 Å². The monoisotopic (exact) mass is 334 g/mol. The van der Waals surface area contributed by atoms with Crippen molar-refractivity contribution >= 4 is 17.2 Å². The first-order chi connectivity index (χ1) is 11.0. The van der Waals surface area contributed by atoms with Crippen molar-refractivity contribution in [1.82, 2.24) is 10.3 Å². The van der Waals surface area contributed by atoms with Gasteiger partial charge in [0.25, 0.3) is 0 Å². The number of amides is 1. The van der Waals surface area contributed by atoms with E-state index in [1.807, 2.05) is 43.5 Å². The molecule has 1 atom stereocenters. The van der Waals surface area contributed by atoms with Crippen LogP contribution in [0.2, 0.25) is 0 Å². The number of rotatable bonds is 7. The smallest absolute Gasteiger partial charge is 0.226 e.